The third-order valence-electron chi connectivity index (χ3n) is 8.57. The minimum absolute atomic E-state index is 0.0285. The predicted octanol–water partition coefficient (Wildman–Crippen LogP) is 6.18. The second-order valence-corrected chi connectivity index (χ2v) is 12.9. The van der Waals surface area contributed by atoms with Crippen LogP contribution in [0.2, 0.25) is 0 Å². The number of aromatic nitrogens is 3. The van der Waals surface area contributed by atoms with Gasteiger partial charge in [-0.05, 0) is 61.6 Å². The number of ether oxygens (including phenoxy) is 2. The zero-order valence-corrected chi connectivity index (χ0v) is 26.5. The van der Waals surface area contributed by atoms with Crippen molar-refractivity contribution in [1.82, 2.24) is 25.1 Å². The Bertz CT molecular complexity index is 1230. The first-order chi connectivity index (χ1) is 20.9. The Balaban J connectivity index is 1.07. The maximum atomic E-state index is 13.2. The number of benzene rings is 1. The van der Waals surface area contributed by atoms with Gasteiger partial charge in [-0.2, -0.15) is 22.9 Å². The molecule has 9 nitrogen and oxygen atoms in total. The molecule has 0 saturated carbocycles. The third-order valence-corrected chi connectivity index (χ3v) is 8.57. The molecular weight excluding hydrogens is 573 g/mol. The molecule has 3 heterocycles. The number of halogens is 3. The smallest absolute Gasteiger partial charge is 0.453 e. The minimum Gasteiger partial charge on any atom is -0.494 e. The lowest BCUT2D eigenvalue weighted by molar-refractivity contribution is -0.147. The fraction of sp³-hybridized carbons (Fsp3) is 0.688. The maximum absolute atomic E-state index is 13.2. The molecule has 2 aliphatic rings. The van der Waals surface area contributed by atoms with Crippen LogP contribution < -0.4 is 10.1 Å². The van der Waals surface area contributed by atoms with Gasteiger partial charge in [0, 0.05) is 38.6 Å². The number of aryl methyl sites for hydroxylation is 1. The highest BCUT2D eigenvalue weighted by Gasteiger charge is 2.40. The van der Waals surface area contributed by atoms with Gasteiger partial charge in [0.05, 0.1) is 6.61 Å². The topological polar surface area (TPSA) is 93.9 Å². The molecule has 0 bridgehead atoms. The average molecular weight is 621 g/mol. The van der Waals surface area contributed by atoms with Crippen molar-refractivity contribution in [2.75, 3.05) is 32.9 Å². The fourth-order valence-electron chi connectivity index (χ4n) is 5.36. The number of nitrogens with zero attached hydrogens (tertiary/aromatic N) is 5. The highest BCUT2D eigenvalue weighted by Crippen LogP contribution is 2.32. The quantitative estimate of drug-likeness (QED) is 0.269. The molecule has 1 aromatic carbocycles. The van der Waals surface area contributed by atoms with Crippen LogP contribution in [-0.4, -0.2) is 70.5 Å². The van der Waals surface area contributed by atoms with E-state index in [1.807, 2.05) is 19.1 Å². The molecule has 1 fully saturated rings. The molecule has 0 radical (unpaired) electrons. The van der Waals surface area contributed by atoms with Crippen LogP contribution >= 0.6 is 0 Å². The summed E-state index contributed by atoms with van der Waals surface area (Å²) in [6.07, 6.45) is 3.40. The number of carbonyl (C=O) groups is 1. The van der Waals surface area contributed by atoms with Gasteiger partial charge in [0.2, 0.25) is 5.91 Å². The summed E-state index contributed by atoms with van der Waals surface area (Å²) in [5, 5.41) is 14.2. The molecule has 1 aromatic heterocycles. The van der Waals surface area contributed by atoms with E-state index in [0.29, 0.717) is 37.8 Å². The maximum Gasteiger partial charge on any atom is 0.453 e. The number of rotatable bonds is 13. The summed E-state index contributed by atoms with van der Waals surface area (Å²) >= 11 is 0. The molecule has 1 amide bonds. The number of hydrogen-bond acceptors (Lipinski definition) is 7. The fourth-order valence-corrected chi connectivity index (χ4v) is 5.36. The summed E-state index contributed by atoms with van der Waals surface area (Å²) in [6, 6.07) is 8.39. The highest BCUT2D eigenvalue weighted by atomic mass is 19.4. The van der Waals surface area contributed by atoms with E-state index in [9.17, 15) is 18.0 Å². The third kappa shape index (κ3) is 9.67. The molecule has 1 saturated heterocycles. The molecule has 4 rings (SSSR count). The van der Waals surface area contributed by atoms with Crippen molar-refractivity contribution in [3.05, 3.63) is 41.5 Å². The van der Waals surface area contributed by atoms with Gasteiger partial charge in [-0.25, -0.2) is 0 Å². The first kappa shape index (κ1) is 33.7. The average Bonchev–Trinajstić information content (AvgIpc) is 3.42. The summed E-state index contributed by atoms with van der Waals surface area (Å²) in [5.74, 6) is 1.06. The van der Waals surface area contributed by atoms with Crippen LogP contribution in [0.4, 0.5) is 13.2 Å². The van der Waals surface area contributed by atoms with Crippen molar-refractivity contribution in [1.29, 1.82) is 0 Å². The number of unbranched alkanes of at least 4 members (excludes halogenated alkanes) is 4. The van der Waals surface area contributed by atoms with Crippen molar-refractivity contribution in [2.24, 2.45) is 10.5 Å². The van der Waals surface area contributed by atoms with Crippen LogP contribution in [0, 0.1) is 5.41 Å². The minimum atomic E-state index is -4.58. The van der Waals surface area contributed by atoms with Crippen LogP contribution in [0.1, 0.15) is 102 Å². The molecule has 244 valence electrons. The number of amidine groups is 1. The Hall–Kier alpha value is -3.15. The molecule has 1 N–H and O–H groups in total. The summed E-state index contributed by atoms with van der Waals surface area (Å²) in [6.45, 7) is 11.2. The van der Waals surface area contributed by atoms with Gasteiger partial charge in [0.15, 0.2) is 5.82 Å². The number of carbonyl (C=O) groups excluding carboxylic acids is 1. The lowest BCUT2D eigenvalue weighted by Crippen LogP contribution is -2.43. The number of piperidine rings is 1. The molecular formula is C32H47F3N6O3. The molecule has 1 unspecified atom stereocenters. The van der Waals surface area contributed by atoms with Gasteiger partial charge < -0.3 is 19.7 Å². The summed E-state index contributed by atoms with van der Waals surface area (Å²) in [7, 11) is 0. The van der Waals surface area contributed by atoms with E-state index in [0.717, 1.165) is 68.5 Å². The van der Waals surface area contributed by atoms with E-state index in [4.69, 9.17) is 9.47 Å². The lowest BCUT2D eigenvalue weighted by Gasteiger charge is -2.35. The number of amides is 1. The van der Waals surface area contributed by atoms with Crippen LogP contribution in [0.15, 0.2) is 29.4 Å². The Morgan fingerprint density at radius 1 is 0.977 bits per heavy atom. The normalized spacial score (nSPS) is 16.8. The van der Waals surface area contributed by atoms with Crippen LogP contribution in [0.3, 0.4) is 0 Å². The number of hydrogen-bond donors (Lipinski definition) is 1. The SMILES string of the molecule is CC(NC(=O)COCCCCCCCOc1ccc(C2CCN(C3=Nn4c(nnc4C(F)(F)F)CC3)CC2)cc1)C(C)(C)C. The largest absolute Gasteiger partial charge is 0.494 e. The highest BCUT2D eigenvalue weighted by molar-refractivity contribution is 5.83. The summed E-state index contributed by atoms with van der Waals surface area (Å²) in [4.78, 5) is 14.1. The predicted molar refractivity (Wildman–Crippen MR) is 163 cm³/mol. The first-order valence-electron chi connectivity index (χ1n) is 15.9. The second kappa shape index (κ2) is 15.2. The molecule has 0 aliphatic carbocycles. The Morgan fingerprint density at radius 2 is 1.64 bits per heavy atom. The number of alkyl halides is 3. The van der Waals surface area contributed by atoms with E-state index in [2.05, 4.69) is 58.4 Å². The molecule has 2 aromatic rings. The molecule has 0 spiro atoms. The van der Waals surface area contributed by atoms with Crippen molar-refractivity contribution >= 4 is 11.7 Å². The number of nitrogens with one attached hydrogen (secondary N) is 1. The van der Waals surface area contributed by atoms with Crippen LogP contribution in [0.5, 0.6) is 5.75 Å². The van der Waals surface area contributed by atoms with Crippen molar-refractivity contribution in [2.45, 2.75) is 104 Å². The Morgan fingerprint density at radius 3 is 2.30 bits per heavy atom. The van der Waals surface area contributed by atoms with Gasteiger partial charge in [-0.1, -0.05) is 52.2 Å². The Labute approximate surface area is 258 Å². The summed E-state index contributed by atoms with van der Waals surface area (Å²) in [5.41, 5.74) is 1.28. The monoisotopic (exact) mass is 620 g/mol. The number of fused-ring (bicyclic) bond motifs is 1. The van der Waals surface area contributed by atoms with E-state index in [1.165, 1.54) is 5.56 Å². The molecule has 2 aliphatic heterocycles. The van der Waals surface area contributed by atoms with Crippen molar-refractivity contribution < 1.29 is 27.4 Å². The van der Waals surface area contributed by atoms with E-state index in [1.54, 1.807) is 0 Å². The summed E-state index contributed by atoms with van der Waals surface area (Å²) < 4.78 is 52.1. The molecule has 12 heteroatoms. The molecule has 44 heavy (non-hydrogen) atoms. The Kier molecular flexibility index (Phi) is 11.7. The first-order valence-corrected chi connectivity index (χ1v) is 15.9. The van der Waals surface area contributed by atoms with Gasteiger partial charge in [-0.15, -0.1) is 10.2 Å². The van der Waals surface area contributed by atoms with Crippen LogP contribution in [-0.2, 0) is 22.1 Å². The second-order valence-electron chi connectivity index (χ2n) is 12.9. The van der Waals surface area contributed by atoms with Gasteiger partial charge in [0.25, 0.3) is 5.82 Å². The van der Waals surface area contributed by atoms with Gasteiger partial charge in [0.1, 0.15) is 18.2 Å². The van der Waals surface area contributed by atoms with Crippen LogP contribution in [0.25, 0.3) is 0 Å². The van der Waals surface area contributed by atoms with Crippen molar-refractivity contribution in [3.8, 4) is 5.75 Å². The van der Waals surface area contributed by atoms with E-state index in [-0.39, 0.29) is 29.8 Å². The zero-order chi connectivity index (χ0) is 31.7. The van der Waals surface area contributed by atoms with Crippen molar-refractivity contribution in [3.63, 3.8) is 0 Å². The molecule has 1 atom stereocenters. The van der Waals surface area contributed by atoms with Gasteiger partial charge >= 0.3 is 6.18 Å². The van der Waals surface area contributed by atoms with E-state index < -0.39 is 12.0 Å². The zero-order valence-electron chi connectivity index (χ0n) is 26.5. The van der Waals surface area contributed by atoms with Gasteiger partial charge in [-0.3, -0.25) is 4.79 Å². The van der Waals surface area contributed by atoms with E-state index >= 15 is 0 Å². The standard InChI is InChI=1S/C32H47F3N6O3/c1-23(31(2,3)4)36-29(42)22-43-20-8-6-5-7-9-21-44-26-12-10-24(11-13-26)25-16-18-40(19-17-25)28-15-14-27-37-38-30(32(33,34)35)41(27)39-28/h10-13,23,25H,5-9,14-22H2,1-4H3,(H,36,42). The number of likely N-dealkylation sites (tertiary alicyclic amines) is 1. The lowest BCUT2D eigenvalue weighted by atomic mass is 9.88.